The predicted molar refractivity (Wildman–Crippen MR) is 73.3 cm³/mol. The van der Waals surface area contributed by atoms with E-state index in [-0.39, 0.29) is 18.4 Å². The van der Waals surface area contributed by atoms with Crippen molar-refractivity contribution in [2.24, 2.45) is 5.92 Å². The Morgan fingerprint density at radius 1 is 1.50 bits per heavy atom. The molecule has 2 amide bonds. The number of carbonyl (C=O) groups excluding carboxylic acids is 1. The Morgan fingerprint density at radius 2 is 2.35 bits per heavy atom. The van der Waals surface area contributed by atoms with Crippen LogP contribution in [0.4, 0.5) is 4.79 Å². The van der Waals surface area contributed by atoms with Crippen LogP contribution in [0, 0.1) is 5.92 Å². The number of carboxylic acids is 1. The van der Waals surface area contributed by atoms with Gasteiger partial charge in [0.2, 0.25) is 0 Å². The molecule has 1 saturated heterocycles. The number of rotatable bonds is 5. The van der Waals surface area contributed by atoms with Crippen molar-refractivity contribution in [3.63, 3.8) is 0 Å². The van der Waals surface area contributed by atoms with Gasteiger partial charge in [-0.05, 0) is 30.4 Å². The molecule has 0 spiro atoms. The lowest BCUT2D eigenvalue weighted by Gasteiger charge is -2.17. The molecule has 1 aliphatic rings. The zero-order valence-electron chi connectivity index (χ0n) is 11.3. The van der Waals surface area contributed by atoms with Crippen LogP contribution in [0.5, 0.6) is 0 Å². The maximum atomic E-state index is 11.9. The molecular formula is C14H19N3O3. The Kier molecular flexibility index (Phi) is 4.92. The Hall–Kier alpha value is -2.11. The minimum Gasteiger partial charge on any atom is -0.481 e. The van der Waals surface area contributed by atoms with Crippen LogP contribution in [0.1, 0.15) is 18.4 Å². The van der Waals surface area contributed by atoms with E-state index < -0.39 is 5.97 Å². The van der Waals surface area contributed by atoms with Crippen LogP contribution in [0.25, 0.3) is 0 Å². The SMILES string of the molecule is O=C(O)CC1CCN(C(=O)NCCc2cccnc2)C1. The van der Waals surface area contributed by atoms with Crippen molar-refractivity contribution in [2.75, 3.05) is 19.6 Å². The molecule has 1 aliphatic heterocycles. The lowest BCUT2D eigenvalue weighted by atomic mass is 10.1. The fraction of sp³-hybridized carbons (Fsp3) is 0.500. The number of pyridine rings is 1. The van der Waals surface area contributed by atoms with E-state index in [1.165, 1.54) is 0 Å². The lowest BCUT2D eigenvalue weighted by Crippen LogP contribution is -2.39. The number of carboxylic acid groups (broad SMARTS) is 1. The quantitative estimate of drug-likeness (QED) is 0.845. The second kappa shape index (κ2) is 6.88. The highest BCUT2D eigenvalue weighted by molar-refractivity contribution is 5.74. The molecule has 6 nitrogen and oxygen atoms in total. The Morgan fingerprint density at radius 3 is 3.05 bits per heavy atom. The first-order valence-corrected chi connectivity index (χ1v) is 6.78. The maximum absolute atomic E-state index is 11.9. The van der Waals surface area contributed by atoms with Crippen LogP contribution in [-0.4, -0.2) is 46.6 Å². The van der Waals surface area contributed by atoms with Crippen molar-refractivity contribution in [1.82, 2.24) is 15.2 Å². The van der Waals surface area contributed by atoms with Gasteiger partial charge in [0.1, 0.15) is 0 Å². The molecule has 108 valence electrons. The number of nitrogens with zero attached hydrogens (tertiary/aromatic N) is 2. The number of aromatic nitrogens is 1. The van der Waals surface area contributed by atoms with Crippen molar-refractivity contribution in [3.05, 3.63) is 30.1 Å². The van der Waals surface area contributed by atoms with Crippen molar-refractivity contribution in [3.8, 4) is 0 Å². The molecule has 6 heteroatoms. The molecule has 0 aliphatic carbocycles. The average Bonchev–Trinajstić information content (AvgIpc) is 2.87. The van der Waals surface area contributed by atoms with Gasteiger partial charge in [0.25, 0.3) is 0 Å². The number of likely N-dealkylation sites (tertiary alicyclic amines) is 1. The van der Waals surface area contributed by atoms with Crippen LogP contribution in [0.2, 0.25) is 0 Å². The van der Waals surface area contributed by atoms with E-state index in [1.54, 1.807) is 17.3 Å². The zero-order chi connectivity index (χ0) is 14.4. The second-order valence-electron chi connectivity index (χ2n) is 5.04. The van der Waals surface area contributed by atoms with E-state index >= 15 is 0 Å². The van der Waals surface area contributed by atoms with Gasteiger partial charge < -0.3 is 15.3 Å². The first-order chi connectivity index (χ1) is 9.65. The van der Waals surface area contributed by atoms with Crippen LogP contribution >= 0.6 is 0 Å². The van der Waals surface area contributed by atoms with Gasteiger partial charge in [0, 0.05) is 38.4 Å². The first kappa shape index (κ1) is 14.3. The summed E-state index contributed by atoms with van der Waals surface area (Å²) in [5.74, 6) is -0.717. The summed E-state index contributed by atoms with van der Waals surface area (Å²) in [4.78, 5) is 28.3. The van der Waals surface area contributed by atoms with Crippen LogP contribution in [0.3, 0.4) is 0 Å². The van der Waals surface area contributed by atoms with Gasteiger partial charge in [-0.3, -0.25) is 9.78 Å². The average molecular weight is 277 g/mol. The number of carbonyl (C=O) groups is 2. The molecule has 20 heavy (non-hydrogen) atoms. The van der Waals surface area contributed by atoms with E-state index in [9.17, 15) is 9.59 Å². The minimum absolute atomic E-state index is 0.0802. The summed E-state index contributed by atoms with van der Waals surface area (Å²) in [6.45, 7) is 1.73. The zero-order valence-corrected chi connectivity index (χ0v) is 11.3. The van der Waals surface area contributed by atoms with Gasteiger partial charge in [-0.15, -0.1) is 0 Å². The van der Waals surface area contributed by atoms with E-state index in [2.05, 4.69) is 10.3 Å². The number of nitrogens with one attached hydrogen (secondary N) is 1. The Labute approximate surface area is 117 Å². The molecule has 1 atom stereocenters. The topological polar surface area (TPSA) is 82.5 Å². The van der Waals surface area contributed by atoms with Crippen molar-refractivity contribution in [2.45, 2.75) is 19.3 Å². The summed E-state index contributed by atoms with van der Waals surface area (Å²) < 4.78 is 0. The molecule has 2 rings (SSSR count). The molecule has 2 heterocycles. The van der Waals surface area contributed by atoms with Gasteiger partial charge in [-0.25, -0.2) is 4.79 Å². The van der Waals surface area contributed by atoms with E-state index in [4.69, 9.17) is 5.11 Å². The summed E-state index contributed by atoms with van der Waals surface area (Å²) in [6.07, 6.45) is 5.15. The molecule has 0 saturated carbocycles. The highest BCUT2D eigenvalue weighted by atomic mass is 16.4. The monoisotopic (exact) mass is 277 g/mol. The largest absolute Gasteiger partial charge is 0.481 e. The van der Waals surface area contributed by atoms with Crippen LogP contribution in [-0.2, 0) is 11.2 Å². The van der Waals surface area contributed by atoms with E-state index in [1.807, 2.05) is 12.1 Å². The Balaban J connectivity index is 1.69. The Bertz CT molecular complexity index is 464. The third kappa shape index (κ3) is 4.22. The summed E-state index contributed by atoms with van der Waals surface area (Å²) in [7, 11) is 0. The summed E-state index contributed by atoms with van der Waals surface area (Å²) >= 11 is 0. The first-order valence-electron chi connectivity index (χ1n) is 6.78. The number of hydrogen-bond donors (Lipinski definition) is 2. The summed E-state index contributed by atoms with van der Waals surface area (Å²) in [6, 6.07) is 3.73. The van der Waals surface area contributed by atoms with Crippen molar-refractivity contribution < 1.29 is 14.7 Å². The third-order valence-corrected chi connectivity index (χ3v) is 3.45. The highest BCUT2D eigenvalue weighted by Gasteiger charge is 2.27. The molecule has 0 radical (unpaired) electrons. The molecule has 1 aromatic rings. The molecule has 1 aromatic heterocycles. The molecule has 0 bridgehead atoms. The smallest absolute Gasteiger partial charge is 0.317 e. The van der Waals surface area contributed by atoms with Crippen molar-refractivity contribution in [1.29, 1.82) is 0 Å². The number of amides is 2. The number of urea groups is 1. The maximum Gasteiger partial charge on any atom is 0.317 e. The summed E-state index contributed by atoms with van der Waals surface area (Å²) in [5, 5.41) is 11.6. The fourth-order valence-electron chi connectivity index (χ4n) is 2.40. The van der Waals surface area contributed by atoms with E-state index in [0.717, 1.165) is 18.4 Å². The standard InChI is InChI=1S/C14H19N3O3/c18-13(19)8-12-4-7-17(10-12)14(20)16-6-3-11-2-1-5-15-9-11/h1-2,5,9,12H,3-4,6-8,10H2,(H,16,20)(H,18,19). The normalized spacial score (nSPS) is 18.0. The molecule has 0 aromatic carbocycles. The highest BCUT2D eigenvalue weighted by Crippen LogP contribution is 2.19. The number of aliphatic carboxylic acids is 1. The predicted octanol–water partition coefficient (Wildman–Crippen LogP) is 1.13. The molecule has 1 unspecified atom stereocenters. The van der Waals surface area contributed by atoms with Crippen LogP contribution < -0.4 is 5.32 Å². The van der Waals surface area contributed by atoms with Gasteiger partial charge in [-0.1, -0.05) is 6.07 Å². The van der Waals surface area contributed by atoms with Gasteiger partial charge in [0.05, 0.1) is 0 Å². The fourth-order valence-corrected chi connectivity index (χ4v) is 2.40. The summed E-state index contributed by atoms with van der Waals surface area (Å²) in [5.41, 5.74) is 1.08. The van der Waals surface area contributed by atoms with Crippen molar-refractivity contribution >= 4 is 12.0 Å². The van der Waals surface area contributed by atoms with Gasteiger partial charge in [-0.2, -0.15) is 0 Å². The van der Waals surface area contributed by atoms with Gasteiger partial charge >= 0.3 is 12.0 Å². The molecule has 2 N–H and O–H groups in total. The minimum atomic E-state index is -0.797. The van der Waals surface area contributed by atoms with Gasteiger partial charge in [0.15, 0.2) is 0 Å². The lowest BCUT2D eigenvalue weighted by molar-refractivity contribution is -0.138. The second-order valence-corrected chi connectivity index (χ2v) is 5.04. The molecule has 1 fully saturated rings. The third-order valence-electron chi connectivity index (χ3n) is 3.45. The van der Waals surface area contributed by atoms with Crippen LogP contribution in [0.15, 0.2) is 24.5 Å². The number of hydrogen-bond acceptors (Lipinski definition) is 3. The molecular weight excluding hydrogens is 258 g/mol. The van der Waals surface area contributed by atoms with E-state index in [0.29, 0.717) is 19.6 Å².